The first-order chi connectivity index (χ1) is 43.6. The van der Waals surface area contributed by atoms with Crippen LogP contribution in [0.15, 0.2) is 230 Å². The number of nitrogens with zero attached hydrogens (tertiary/aromatic N) is 2. The van der Waals surface area contributed by atoms with Crippen molar-refractivity contribution in [2.45, 2.75) is 0 Å². The zero-order valence-corrected chi connectivity index (χ0v) is 27.9. The first kappa shape index (κ1) is 12.0. The van der Waals surface area contributed by atoms with E-state index in [0.717, 1.165) is 0 Å². The fourth-order valence-corrected chi connectivity index (χ4v) is 5.49. The highest BCUT2D eigenvalue weighted by atomic mass is 15.1. The van der Waals surface area contributed by atoms with Crippen LogP contribution in [0.2, 0.25) is 0 Å². The number of fused-ring (bicyclic) bond motifs is 3. The van der Waals surface area contributed by atoms with E-state index in [1.807, 2.05) is 0 Å². The molecule has 0 aliphatic heterocycles. The summed E-state index contributed by atoms with van der Waals surface area (Å²) in [6.45, 7) is 0. The molecular formula is C54H38N2. The Kier molecular flexibility index (Phi) is 3.10. The Balaban J connectivity index is 1.33. The molecule has 264 valence electrons. The lowest BCUT2D eigenvalue weighted by Gasteiger charge is -2.26. The highest BCUT2D eigenvalue weighted by molar-refractivity contribution is 6.09. The van der Waals surface area contributed by atoms with Crippen LogP contribution in [-0.4, -0.2) is 4.57 Å². The van der Waals surface area contributed by atoms with Crippen LogP contribution < -0.4 is 4.90 Å². The zero-order valence-electron chi connectivity index (χ0n) is 65.9. The monoisotopic (exact) mass is 753 g/mol. The van der Waals surface area contributed by atoms with E-state index in [1.54, 1.807) is 0 Å². The fraction of sp³-hybridized carbons (Fsp3) is 0. The summed E-state index contributed by atoms with van der Waals surface area (Å²) < 4.78 is 342. The summed E-state index contributed by atoms with van der Waals surface area (Å²) in [4.78, 5) is 0.189. The van der Waals surface area contributed by atoms with Crippen molar-refractivity contribution >= 4 is 38.9 Å². The Bertz CT molecular complexity index is 4940. The molecule has 1 aromatic heterocycles. The van der Waals surface area contributed by atoms with Crippen LogP contribution in [0.5, 0.6) is 0 Å². The Hall–Kier alpha value is -7.42. The van der Waals surface area contributed by atoms with Gasteiger partial charge in [0.25, 0.3) is 0 Å². The highest BCUT2D eigenvalue weighted by Gasteiger charge is 2.15. The van der Waals surface area contributed by atoms with Gasteiger partial charge in [-0.2, -0.15) is 0 Å². The summed E-state index contributed by atoms with van der Waals surface area (Å²) in [6.07, 6.45) is 0. The molecule has 0 unspecified atom stereocenters. The standard InChI is InChI=1S/C54H38N2/c1-3-12-39(13-4-1)41-22-24-42(25-23-41)44-28-34-48(35-29-44)55(47-32-26-43(27-33-47)40-14-5-2-6-15-40)49-36-30-45(31-37-49)46-16-11-17-50(38-46)56-53-20-9-7-18-51(53)52-19-8-10-21-54(52)56/h1-38H/i1D,2D,3D,4D,5D,6D,7D,8D,9D,10D,11D,12D,13D,14D,15D,16D,17D,18D,19D,20D,21D,22D,23D,24D,25D,26D,27D,28D,29D,30D,31D,32D,33D,34D,35D,36D,37D,38D. The molecule has 0 amide bonds. The van der Waals surface area contributed by atoms with E-state index in [9.17, 15) is 20.6 Å². The lowest BCUT2D eigenvalue weighted by molar-refractivity contribution is 1.18. The smallest absolute Gasteiger partial charge is 0.0651 e. The Morgan fingerprint density at radius 3 is 1.04 bits per heavy atom. The maximum Gasteiger partial charge on any atom is 0.0651 e. The largest absolute Gasteiger partial charge is 0.311 e. The van der Waals surface area contributed by atoms with Crippen molar-refractivity contribution in [2.75, 3.05) is 4.90 Å². The first-order valence-electron chi connectivity index (χ1n) is 35.1. The number of hydrogen-bond donors (Lipinski definition) is 0. The summed E-state index contributed by atoms with van der Waals surface area (Å²) in [7, 11) is 0. The summed E-state index contributed by atoms with van der Waals surface area (Å²) >= 11 is 0. The van der Waals surface area contributed by atoms with Crippen molar-refractivity contribution in [1.29, 1.82) is 0 Å². The minimum absolute atomic E-state index is 0.189. The second kappa shape index (κ2) is 14.4. The Morgan fingerprint density at radius 1 is 0.286 bits per heavy atom. The predicted octanol–water partition coefficient (Wildman–Crippen LogP) is 14.9. The van der Waals surface area contributed by atoms with Crippen molar-refractivity contribution < 1.29 is 52.1 Å². The van der Waals surface area contributed by atoms with Crippen LogP contribution in [0.25, 0.3) is 72.0 Å². The molecule has 10 rings (SSSR count). The number of anilines is 3. The van der Waals surface area contributed by atoms with Crippen molar-refractivity contribution in [1.82, 2.24) is 4.57 Å². The molecule has 0 N–H and O–H groups in total. The second-order valence-electron chi connectivity index (χ2n) is 11.3. The third kappa shape index (κ3) is 6.24. The average molecular weight is 753 g/mol. The number of benzene rings is 9. The van der Waals surface area contributed by atoms with Gasteiger partial charge in [-0.05, 0) is 105 Å². The van der Waals surface area contributed by atoms with Crippen molar-refractivity contribution in [3.8, 4) is 50.2 Å². The van der Waals surface area contributed by atoms with E-state index in [0.29, 0.717) is 4.57 Å². The fourth-order valence-electron chi connectivity index (χ4n) is 5.49. The number of aromatic nitrogens is 1. The Morgan fingerprint density at radius 2 is 0.607 bits per heavy atom. The van der Waals surface area contributed by atoms with Gasteiger partial charge in [0.1, 0.15) is 0 Å². The molecule has 0 aliphatic carbocycles. The summed E-state index contributed by atoms with van der Waals surface area (Å²) in [5.74, 6) is 0. The van der Waals surface area contributed by atoms with Gasteiger partial charge >= 0.3 is 0 Å². The van der Waals surface area contributed by atoms with Gasteiger partial charge in [-0.3, -0.25) is 0 Å². The van der Waals surface area contributed by atoms with Gasteiger partial charge in [-0.1, -0.05) is 169 Å². The van der Waals surface area contributed by atoms with Crippen LogP contribution in [0.4, 0.5) is 17.1 Å². The second-order valence-corrected chi connectivity index (χ2v) is 11.3. The molecule has 10 aromatic rings. The molecule has 0 bridgehead atoms. The van der Waals surface area contributed by atoms with Crippen molar-refractivity contribution in [3.05, 3.63) is 230 Å². The van der Waals surface area contributed by atoms with Gasteiger partial charge in [-0.15, -0.1) is 0 Å². The maximum absolute atomic E-state index is 9.72. The third-order valence-corrected chi connectivity index (χ3v) is 8.00. The van der Waals surface area contributed by atoms with E-state index in [4.69, 9.17) is 31.5 Å². The predicted molar refractivity (Wildman–Crippen MR) is 237 cm³/mol. The molecule has 1 heterocycles. The van der Waals surface area contributed by atoms with Gasteiger partial charge in [0.15, 0.2) is 0 Å². The van der Waals surface area contributed by atoms with Crippen LogP contribution in [0.1, 0.15) is 52.1 Å². The Labute approximate surface area is 381 Å². The van der Waals surface area contributed by atoms with E-state index >= 15 is 0 Å². The molecule has 2 nitrogen and oxygen atoms in total. The molecule has 0 saturated heterocycles. The average Bonchev–Trinajstić information content (AvgIpc) is 1.41. The van der Waals surface area contributed by atoms with Crippen LogP contribution >= 0.6 is 0 Å². The molecule has 56 heavy (non-hydrogen) atoms. The van der Waals surface area contributed by atoms with E-state index < -0.39 is 319 Å². The van der Waals surface area contributed by atoms with Gasteiger partial charge < -0.3 is 9.47 Å². The normalized spacial score (nSPS) is 20.7. The van der Waals surface area contributed by atoms with Gasteiger partial charge in [0, 0.05) is 33.5 Å². The molecule has 0 saturated carbocycles. The van der Waals surface area contributed by atoms with E-state index in [2.05, 4.69) is 0 Å². The highest BCUT2D eigenvalue weighted by Crippen LogP contribution is 2.39. The molecule has 2 heteroatoms. The van der Waals surface area contributed by atoms with Gasteiger partial charge in [0.2, 0.25) is 0 Å². The third-order valence-electron chi connectivity index (χ3n) is 8.00. The summed E-state index contributed by atoms with van der Waals surface area (Å²) in [5, 5.41) is -1.12. The minimum atomic E-state index is -1.44. The van der Waals surface area contributed by atoms with Gasteiger partial charge in [-0.25, -0.2) is 0 Å². The van der Waals surface area contributed by atoms with E-state index in [-0.39, 0.29) is 4.90 Å². The van der Waals surface area contributed by atoms with Crippen molar-refractivity contribution in [2.24, 2.45) is 0 Å². The quantitative estimate of drug-likeness (QED) is 0.150. The van der Waals surface area contributed by atoms with Crippen molar-refractivity contribution in [3.63, 3.8) is 0 Å². The van der Waals surface area contributed by atoms with Crippen LogP contribution in [-0.2, 0) is 0 Å². The lowest BCUT2D eigenvalue weighted by atomic mass is 10.00. The molecule has 0 spiro atoms. The number of para-hydroxylation sites is 2. The molecule has 0 fully saturated rings. The van der Waals surface area contributed by atoms with Crippen LogP contribution in [0.3, 0.4) is 0 Å². The first-order valence-corrected chi connectivity index (χ1v) is 16.1. The van der Waals surface area contributed by atoms with Crippen LogP contribution in [0, 0.1) is 0 Å². The molecule has 9 aromatic carbocycles. The summed E-state index contributed by atoms with van der Waals surface area (Å²) in [6, 6.07) is -42.6. The molecule has 0 aliphatic rings. The van der Waals surface area contributed by atoms with Gasteiger partial charge in [0.05, 0.1) is 63.1 Å². The number of hydrogen-bond acceptors (Lipinski definition) is 1. The molecular weight excluding hydrogens is 677 g/mol. The zero-order chi connectivity index (χ0) is 70.3. The topological polar surface area (TPSA) is 8.17 Å². The summed E-state index contributed by atoms with van der Waals surface area (Å²) in [5.41, 5.74) is -14.0. The minimum Gasteiger partial charge on any atom is -0.311 e. The number of rotatable bonds is 8. The maximum atomic E-state index is 9.72. The molecule has 0 atom stereocenters. The SMILES string of the molecule is [2H]c1c([2H])c([2H])c(-c2c([2H])c([2H])c(-c3c([2H])c([2H])c(N(c4c([2H])c([2H])c(-c5c([2H])c([2H])c([2H])c([2H])c5[2H])c([2H])c4[2H])c4c([2H])c([2H])c(-c5c([2H])c([2H])c([2H])c(-n6c7c([2H])c([2H])c([2H])c([2H])c7c7c([2H])c([2H])c([2H])c([2H])c76)c5[2H])c([2H])c4[2H])c([2H])c3[2H])c([2H])c2[2H])c([2H])c1[2H]. The lowest BCUT2D eigenvalue weighted by Crippen LogP contribution is -2.09. The van der Waals surface area contributed by atoms with E-state index in [1.165, 1.54) is 0 Å². The molecule has 0 radical (unpaired) electrons.